The van der Waals surface area contributed by atoms with Crippen LogP contribution in [-0.2, 0) is 42.6 Å². The molecule has 3 heterocycles. The van der Waals surface area contributed by atoms with Crippen LogP contribution in [-0.4, -0.2) is 102 Å². The molecule has 19 nitrogen and oxygen atoms in total. The normalized spacial score (nSPS) is 20.4. The van der Waals surface area contributed by atoms with Crippen LogP contribution in [0.5, 0.6) is 0 Å². The summed E-state index contributed by atoms with van der Waals surface area (Å²) in [7, 11) is -5.00. The maximum Gasteiger partial charge on any atom is 0.362 e. The van der Waals surface area contributed by atoms with Crippen molar-refractivity contribution in [3.05, 3.63) is 16.9 Å². The number of oxime groups is 1. The SMILES string of the molecule is NCCCNCc1nnn(C[C@@H]2[C@H](NC(=O)/C(=N\OC3(C(=O)O)CC3)c3csc(N)n3)C(=O)N2S(=O)(=O)O)n1. The topological polar surface area (TPSA) is 283 Å². The van der Waals surface area contributed by atoms with Gasteiger partial charge in [0.1, 0.15) is 17.8 Å². The van der Waals surface area contributed by atoms with E-state index in [9.17, 15) is 32.5 Å². The first-order valence-electron chi connectivity index (χ1n) is 11.4. The number of carboxylic acids is 1. The second kappa shape index (κ2) is 11.1. The molecule has 1 aliphatic heterocycles. The van der Waals surface area contributed by atoms with Gasteiger partial charge in [0.2, 0.25) is 5.60 Å². The summed E-state index contributed by atoms with van der Waals surface area (Å²) >= 11 is 0.969. The van der Waals surface area contributed by atoms with E-state index in [4.69, 9.17) is 16.3 Å². The Balaban J connectivity index is 1.51. The number of carboxylic acid groups (broad SMARTS) is 1. The number of nitrogens with one attached hydrogen (secondary N) is 2. The fourth-order valence-corrected chi connectivity index (χ4v) is 4.98. The van der Waals surface area contributed by atoms with Crippen molar-refractivity contribution in [3.63, 3.8) is 0 Å². The summed E-state index contributed by atoms with van der Waals surface area (Å²) in [5.41, 5.74) is 8.94. The molecule has 4 rings (SSSR count). The van der Waals surface area contributed by atoms with E-state index in [2.05, 4.69) is 36.2 Å². The minimum atomic E-state index is -5.00. The van der Waals surface area contributed by atoms with Gasteiger partial charge >= 0.3 is 16.3 Å². The van der Waals surface area contributed by atoms with Crippen LogP contribution in [0.15, 0.2) is 10.5 Å². The van der Waals surface area contributed by atoms with Gasteiger partial charge in [0, 0.05) is 18.2 Å². The number of aliphatic carboxylic acids is 1. The summed E-state index contributed by atoms with van der Waals surface area (Å²) in [5, 5.41) is 31.6. The quantitative estimate of drug-likeness (QED) is 0.0414. The van der Waals surface area contributed by atoms with Crippen molar-refractivity contribution < 1.29 is 37.3 Å². The number of aromatic nitrogens is 5. The lowest BCUT2D eigenvalue weighted by Crippen LogP contribution is -2.73. The number of rotatable bonds is 14. The van der Waals surface area contributed by atoms with Crippen LogP contribution >= 0.6 is 11.3 Å². The van der Waals surface area contributed by atoms with E-state index >= 15 is 0 Å². The van der Waals surface area contributed by atoms with Crippen molar-refractivity contribution in [3.8, 4) is 0 Å². The van der Waals surface area contributed by atoms with Crippen molar-refractivity contribution in [1.82, 2.24) is 40.1 Å². The van der Waals surface area contributed by atoms with Crippen LogP contribution in [0.4, 0.5) is 5.13 Å². The fraction of sp³-hybridized carbons (Fsp3) is 0.556. The van der Waals surface area contributed by atoms with Gasteiger partial charge in [0.25, 0.3) is 11.8 Å². The molecule has 1 saturated carbocycles. The molecular formula is C18H25N11O8S2. The molecule has 39 heavy (non-hydrogen) atoms. The second-order valence-corrected chi connectivity index (χ2v) is 10.8. The maximum atomic E-state index is 13.1. The van der Waals surface area contributed by atoms with Crippen LogP contribution in [0.3, 0.4) is 0 Å². The highest BCUT2D eigenvalue weighted by Crippen LogP contribution is 2.40. The van der Waals surface area contributed by atoms with Gasteiger partial charge in [-0.2, -0.15) is 13.2 Å². The van der Waals surface area contributed by atoms with E-state index in [1.165, 1.54) is 5.38 Å². The van der Waals surface area contributed by atoms with Crippen molar-refractivity contribution >= 4 is 50.3 Å². The lowest BCUT2D eigenvalue weighted by molar-refractivity contribution is -0.153. The Labute approximate surface area is 224 Å². The van der Waals surface area contributed by atoms with E-state index in [-0.39, 0.29) is 46.9 Å². The first kappa shape index (κ1) is 28.2. The van der Waals surface area contributed by atoms with Crippen LogP contribution in [0.2, 0.25) is 0 Å². The Morgan fingerprint density at radius 3 is 2.69 bits per heavy atom. The van der Waals surface area contributed by atoms with Crippen LogP contribution in [0.1, 0.15) is 30.8 Å². The highest BCUT2D eigenvalue weighted by Gasteiger charge is 2.56. The molecule has 2 amide bonds. The number of β-lactam (4-membered cyclic amide) rings is 1. The number of nitrogens with zero attached hydrogens (tertiary/aromatic N) is 7. The molecule has 2 aromatic rings. The molecule has 2 aromatic heterocycles. The number of thiazole rings is 1. The Bertz CT molecular complexity index is 1390. The zero-order chi connectivity index (χ0) is 28.4. The molecule has 8 N–H and O–H groups in total. The minimum Gasteiger partial charge on any atom is -0.478 e. The van der Waals surface area contributed by atoms with Gasteiger partial charge in [-0.05, 0) is 24.7 Å². The van der Waals surface area contributed by atoms with Crippen LogP contribution < -0.4 is 22.1 Å². The van der Waals surface area contributed by atoms with Crippen molar-refractivity contribution in [2.24, 2.45) is 10.9 Å². The molecule has 21 heteroatoms. The number of carbonyl (C=O) groups is 3. The number of hydrogen-bond acceptors (Lipinski definition) is 15. The zero-order valence-corrected chi connectivity index (χ0v) is 21.8. The standard InChI is InChI=1S/C18H25N11O8S2/c19-4-1-5-21-6-11-24-27-28(25-11)7-10-13(15(31)29(10)39(34,35)36)23-14(30)12(9-8-38-17(20)22-9)26-37-18(2-3-18)16(32)33/h8,10,13,21H,1-7,19H2,(H2,20,22)(H,23,30)(H,32,33)(H,34,35,36)/b26-12-/t10-,13+/m1/s1. The van der Waals surface area contributed by atoms with Crippen molar-refractivity contribution in [2.75, 3.05) is 18.8 Å². The third kappa shape index (κ3) is 6.27. The van der Waals surface area contributed by atoms with Gasteiger partial charge < -0.3 is 32.0 Å². The van der Waals surface area contributed by atoms with Crippen molar-refractivity contribution in [1.29, 1.82) is 0 Å². The molecule has 2 fully saturated rings. The van der Waals surface area contributed by atoms with Gasteiger partial charge in [-0.25, -0.2) is 14.1 Å². The molecule has 1 aliphatic carbocycles. The third-order valence-corrected chi connectivity index (χ3v) is 7.40. The van der Waals surface area contributed by atoms with E-state index < -0.39 is 51.5 Å². The highest BCUT2D eigenvalue weighted by atomic mass is 32.2. The lowest BCUT2D eigenvalue weighted by Gasteiger charge is -2.43. The third-order valence-electron chi connectivity index (χ3n) is 5.78. The second-order valence-electron chi connectivity index (χ2n) is 8.61. The van der Waals surface area contributed by atoms with Gasteiger partial charge in [-0.3, -0.25) is 14.1 Å². The van der Waals surface area contributed by atoms with Crippen LogP contribution in [0, 0.1) is 0 Å². The van der Waals surface area contributed by atoms with E-state index in [0.717, 1.165) is 22.6 Å². The predicted molar refractivity (Wildman–Crippen MR) is 131 cm³/mol. The summed E-state index contributed by atoms with van der Waals surface area (Å²) in [5.74, 6) is -3.16. The molecule has 0 aromatic carbocycles. The monoisotopic (exact) mass is 587 g/mol. The van der Waals surface area contributed by atoms with Crippen LogP contribution in [0.25, 0.3) is 0 Å². The smallest absolute Gasteiger partial charge is 0.362 e. The Morgan fingerprint density at radius 1 is 1.36 bits per heavy atom. The first-order valence-corrected chi connectivity index (χ1v) is 13.7. The number of nitrogens with two attached hydrogens (primary N) is 2. The predicted octanol–water partition coefficient (Wildman–Crippen LogP) is -3.31. The summed E-state index contributed by atoms with van der Waals surface area (Å²) in [4.78, 5) is 47.3. The van der Waals surface area contributed by atoms with Gasteiger partial charge in [0.15, 0.2) is 16.7 Å². The molecular weight excluding hydrogens is 562 g/mol. The fourth-order valence-electron chi connectivity index (χ4n) is 3.56. The Kier molecular flexibility index (Phi) is 8.06. The van der Waals surface area contributed by atoms with E-state index in [1.807, 2.05) is 0 Å². The summed E-state index contributed by atoms with van der Waals surface area (Å²) in [6, 6.07) is -2.80. The number of amides is 2. The number of hydrogen-bond donors (Lipinski definition) is 6. The molecule has 0 unspecified atom stereocenters. The molecule has 2 aliphatic rings. The number of tetrazole rings is 1. The first-order chi connectivity index (χ1) is 18.4. The van der Waals surface area contributed by atoms with Crippen molar-refractivity contribution in [2.45, 2.75) is 50.0 Å². The molecule has 0 bridgehead atoms. The summed E-state index contributed by atoms with van der Waals surface area (Å²) in [6.07, 6.45) is 1.06. The van der Waals surface area contributed by atoms with Gasteiger partial charge in [0.05, 0.1) is 13.1 Å². The molecule has 0 spiro atoms. The maximum absolute atomic E-state index is 13.1. The minimum absolute atomic E-state index is 0.0594. The van der Waals surface area contributed by atoms with E-state index in [1.54, 1.807) is 0 Å². The Morgan fingerprint density at radius 2 is 2.10 bits per heavy atom. The summed E-state index contributed by atoms with van der Waals surface area (Å²) in [6.45, 7) is 0.996. The van der Waals surface area contributed by atoms with Gasteiger partial charge in [-0.15, -0.1) is 21.5 Å². The molecule has 212 valence electrons. The number of anilines is 1. The molecule has 0 radical (unpaired) electrons. The average Bonchev–Trinajstić information content (AvgIpc) is 3.33. The van der Waals surface area contributed by atoms with E-state index in [0.29, 0.717) is 13.1 Å². The average molecular weight is 588 g/mol. The molecule has 1 saturated heterocycles. The largest absolute Gasteiger partial charge is 0.478 e. The molecule has 2 atom stereocenters. The number of nitrogen functional groups attached to an aromatic ring is 1. The lowest BCUT2D eigenvalue weighted by atomic mass is 9.98. The summed E-state index contributed by atoms with van der Waals surface area (Å²) < 4.78 is 33.4. The highest BCUT2D eigenvalue weighted by molar-refractivity contribution is 7.84. The van der Waals surface area contributed by atoms with Gasteiger partial charge in [-0.1, -0.05) is 5.16 Å². The number of carbonyl (C=O) groups excluding carboxylic acids is 2. The Hall–Kier alpha value is -3.79. The zero-order valence-electron chi connectivity index (χ0n) is 20.1.